The fourth-order valence-electron chi connectivity index (χ4n) is 2.06. The molecule has 2 heterocycles. The topological polar surface area (TPSA) is 86.3 Å². The van der Waals surface area contributed by atoms with E-state index in [1.54, 1.807) is 24.3 Å². The number of rotatable bonds is 2. The van der Waals surface area contributed by atoms with Gasteiger partial charge in [0.15, 0.2) is 0 Å². The minimum atomic E-state index is -0.282. The number of nitrogens with two attached hydrogens (primary N) is 1. The van der Waals surface area contributed by atoms with Crippen molar-refractivity contribution in [2.45, 2.75) is 0 Å². The second-order valence-electron chi connectivity index (χ2n) is 4.45. The Morgan fingerprint density at radius 3 is 2.60 bits per heavy atom. The molecule has 1 aromatic carbocycles. The first-order chi connectivity index (χ1) is 9.75. The summed E-state index contributed by atoms with van der Waals surface area (Å²) >= 11 is 0. The highest BCUT2D eigenvalue weighted by atomic mass is 16.5. The summed E-state index contributed by atoms with van der Waals surface area (Å²) in [5.41, 5.74) is 6.32. The number of hydrogen-bond acceptors (Lipinski definition) is 6. The van der Waals surface area contributed by atoms with E-state index in [4.69, 9.17) is 10.5 Å². The molecule has 1 saturated heterocycles. The molecule has 3 rings (SSSR count). The molecule has 2 N–H and O–H groups in total. The number of hydrogen-bond donors (Lipinski definition) is 1. The highest BCUT2D eigenvalue weighted by Crippen LogP contribution is 2.14. The number of morpholine rings is 1. The van der Waals surface area contributed by atoms with Gasteiger partial charge in [0.05, 0.1) is 13.2 Å². The van der Waals surface area contributed by atoms with Gasteiger partial charge in [0, 0.05) is 18.7 Å². The molecule has 1 fully saturated rings. The van der Waals surface area contributed by atoms with Gasteiger partial charge in [0.25, 0.3) is 5.91 Å². The first-order valence-electron chi connectivity index (χ1n) is 6.40. The molecule has 0 bridgehead atoms. The average Bonchev–Trinajstić information content (AvgIpc) is 2.90. The fraction of sp³-hybridized carbons (Fsp3) is 0.308. The predicted molar refractivity (Wildman–Crippen MR) is 73.6 cm³/mol. The van der Waals surface area contributed by atoms with Crippen molar-refractivity contribution in [2.75, 3.05) is 36.9 Å². The molecule has 0 radical (unpaired) electrons. The number of carbonyl (C=O) groups is 1. The van der Waals surface area contributed by atoms with Gasteiger partial charge in [-0.1, -0.05) is 18.2 Å². The quantitative estimate of drug-likeness (QED) is 0.851. The van der Waals surface area contributed by atoms with Gasteiger partial charge in [-0.15, -0.1) is 5.10 Å². The minimum absolute atomic E-state index is 0.0975. The van der Waals surface area contributed by atoms with Crippen molar-refractivity contribution < 1.29 is 9.53 Å². The van der Waals surface area contributed by atoms with Crippen LogP contribution >= 0.6 is 0 Å². The smallest absolute Gasteiger partial charge is 0.281 e. The molecule has 20 heavy (non-hydrogen) atoms. The van der Waals surface area contributed by atoms with Crippen LogP contribution in [0.1, 0.15) is 10.4 Å². The molecule has 0 amide bonds. The van der Waals surface area contributed by atoms with Gasteiger partial charge in [-0.05, 0) is 12.1 Å². The van der Waals surface area contributed by atoms with E-state index in [0.717, 1.165) is 4.68 Å². The maximum absolute atomic E-state index is 12.3. The van der Waals surface area contributed by atoms with Crippen LogP contribution in [0.3, 0.4) is 0 Å². The summed E-state index contributed by atoms with van der Waals surface area (Å²) in [6.45, 7) is 2.65. The largest absolute Gasteiger partial charge is 0.378 e. The molecule has 2 aromatic rings. The third-order valence-electron chi connectivity index (χ3n) is 3.13. The number of nitrogens with zero attached hydrogens (tertiary/aromatic N) is 4. The number of carbonyl (C=O) groups excluding carboxylic acids is 1. The van der Waals surface area contributed by atoms with Crippen molar-refractivity contribution in [1.82, 2.24) is 14.8 Å². The van der Waals surface area contributed by atoms with Gasteiger partial charge in [-0.2, -0.15) is 9.67 Å². The molecule has 7 heteroatoms. The molecule has 104 valence electrons. The molecule has 1 aliphatic rings. The summed E-state index contributed by atoms with van der Waals surface area (Å²) in [6, 6.07) is 8.88. The van der Waals surface area contributed by atoms with Crippen LogP contribution in [0, 0.1) is 0 Å². The molecule has 0 unspecified atom stereocenters. The Labute approximate surface area is 116 Å². The SMILES string of the molecule is Nc1nc(N2CCOCC2)nn1C(=O)c1ccccc1. The monoisotopic (exact) mass is 273 g/mol. The lowest BCUT2D eigenvalue weighted by atomic mass is 10.2. The number of benzene rings is 1. The Kier molecular flexibility index (Phi) is 3.34. The van der Waals surface area contributed by atoms with Crippen molar-refractivity contribution in [3.8, 4) is 0 Å². The van der Waals surface area contributed by atoms with Crippen molar-refractivity contribution in [3.05, 3.63) is 35.9 Å². The molecule has 0 atom stereocenters. The average molecular weight is 273 g/mol. The molecule has 0 aliphatic carbocycles. The standard InChI is InChI=1S/C13H15N5O2/c14-12-15-13(17-6-8-20-9-7-17)16-18(12)11(19)10-4-2-1-3-5-10/h1-5H,6-9H2,(H2,14,15,16). The van der Waals surface area contributed by atoms with Crippen LogP contribution < -0.4 is 10.6 Å². The lowest BCUT2D eigenvalue weighted by Gasteiger charge is -2.25. The lowest BCUT2D eigenvalue weighted by Crippen LogP contribution is -2.37. The number of ether oxygens (including phenoxy) is 1. The van der Waals surface area contributed by atoms with Crippen LogP contribution in [0.2, 0.25) is 0 Å². The Balaban J connectivity index is 1.87. The highest BCUT2D eigenvalue weighted by molar-refractivity contribution is 5.96. The first-order valence-corrected chi connectivity index (χ1v) is 6.40. The normalized spacial score (nSPS) is 15.3. The summed E-state index contributed by atoms with van der Waals surface area (Å²) in [5, 5.41) is 4.21. The lowest BCUT2D eigenvalue weighted by molar-refractivity contribution is 0.0947. The van der Waals surface area contributed by atoms with Gasteiger partial charge >= 0.3 is 0 Å². The van der Waals surface area contributed by atoms with Gasteiger partial charge in [0.1, 0.15) is 0 Å². The van der Waals surface area contributed by atoms with Crippen molar-refractivity contribution >= 4 is 17.8 Å². The Morgan fingerprint density at radius 2 is 1.90 bits per heavy atom. The predicted octanol–water partition coefficient (Wildman–Crippen LogP) is 0.385. The maximum Gasteiger partial charge on any atom is 0.281 e. The zero-order chi connectivity index (χ0) is 13.9. The summed E-state index contributed by atoms with van der Waals surface area (Å²) in [5.74, 6) is 0.283. The zero-order valence-electron chi connectivity index (χ0n) is 10.9. The van der Waals surface area contributed by atoms with E-state index < -0.39 is 0 Å². The molecule has 1 aromatic heterocycles. The number of nitrogen functional groups attached to an aromatic ring is 1. The second-order valence-corrected chi connectivity index (χ2v) is 4.45. The zero-order valence-corrected chi connectivity index (χ0v) is 10.9. The van der Waals surface area contributed by atoms with Crippen LogP contribution in [-0.2, 0) is 4.74 Å². The molecule has 0 spiro atoms. The molecule has 0 saturated carbocycles. The molecular weight excluding hydrogens is 258 g/mol. The highest BCUT2D eigenvalue weighted by Gasteiger charge is 2.20. The van der Waals surface area contributed by atoms with Gasteiger partial charge in [-0.3, -0.25) is 4.79 Å². The Bertz CT molecular complexity index is 604. The van der Waals surface area contributed by atoms with E-state index in [9.17, 15) is 4.79 Å². The summed E-state index contributed by atoms with van der Waals surface area (Å²) in [7, 11) is 0. The molecule has 1 aliphatic heterocycles. The molecular formula is C13H15N5O2. The van der Waals surface area contributed by atoms with E-state index in [-0.39, 0.29) is 11.9 Å². The summed E-state index contributed by atoms with van der Waals surface area (Å²) in [6.07, 6.45) is 0. The Morgan fingerprint density at radius 1 is 1.20 bits per heavy atom. The van der Waals surface area contributed by atoms with E-state index in [1.165, 1.54) is 0 Å². The van der Waals surface area contributed by atoms with Crippen LogP contribution in [0.4, 0.5) is 11.9 Å². The van der Waals surface area contributed by atoms with Gasteiger partial charge < -0.3 is 15.4 Å². The van der Waals surface area contributed by atoms with Crippen LogP contribution in [-0.4, -0.2) is 47.0 Å². The maximum atomic E-state index is 12.3. The van der Waals surface area contributed by atoms with Crippen LogP contribution in [0.15, 0.2) is 30.3 Å². The number of anilines is 2. The Hall–Kier alpha value is -2.41. The van der Waals surface area contributed by atoms with Crippen molar-refractivity contribution in [2.24, 2.45) is 0 Å². The van der Waals surface area contributed by atoms with E-state index >= 15 is 0 Å². The third kappa shape index (κ3) is 2.35. The third-order valence-corrected chi connectivity index (χ3v) is 3.13. The first kappa shape index (κ1) is 12.6. The summed E-state index contributed by atoms with van der Waals surface area (Å²) < 4.78 is 6.41. The van der Waals surface area contributed by atoms with Crippen molar-refractivity contribution in [1.29, 1.82) is 0 Å². The molecule has 7 nitrogen and oxygen atoms in total. The van der Waals surface area contributed by atoms with Gasteiger partial charge in [0.2, 0.25) is 11.9 Å². The van der Waals surface area contributed by atoms with E-state index in [1.807, 2.05) is 11.0 Å². The van der Waals surface area contributed by atoms with Crippen molar-refractivity contribution in [3.63, 3.8) is 0 Å². The minimum Gasteiger partial charge on any atom is -0.378 e. The van der Waals surface area contributed by atoms with Crippen LogP contribution in [0.5, 0.6) is 0 Å². The van der Waals surface area contributed by atoms with E-state index in [0.29, 0.717) is 37.8 Å². The second kappa shape index (κ2) is 5.30. The fourth-order valence-corrected chi connectivity index (χ4v) is 2.06. The number of aromatic nitrogens is 3. The summed E-state index contributed by atoms with van der Waals surface area (Å²) in [4.78, 5) is 18.4. The van der Waals surface area contributed by atoms with E-state index in [2.05, 4.69) is 10.1 Å². The van der Waals surface area contributed by atoms with Gasteiger partial charge in [-0.25, -0.2) is 0 Å². The van der Waals surface area contributed by atoms with Crippen LogP contribution in [0.25, 0.3) is 0 Å².